The van der Waals surface area contributed by atoms with Crippen LogP contribution in [0.15, 0.2) is 22.1 Å². The standard InChI is InChI=1S/C8H4N6/c1-5-6(12-2-9)8(14-4-11)7(5)13-3-10/h6,12H,1H2/b13-7-,14-8+. The fourth-order valence-corrected chi connectivity index (χ4v) is 1.10. The molecule has 0 bridgehead atoms. The van der Waals surface area contributed by atoms with Crippen molar-refractivity contribution in [2.24, 2.45) is 9.98 Å². The van der Waals surface area contributed by atoms with Crippen LogP contribution in [0, 0.1) is 34.4 Å². The van der Waals surface area contributed by atoms with Gasteiger partial charge in [-0.2, -0.15) is 25.8 Å². The minimum atomic E-state index is -0.494. The Morgan fingerprint density at radius 1 is 1.21 bits per heavy atom. The lowest BCUT2D eigenvalue weighted by Gasteiger charge is -2.29. The van der Waals surface area contributed by atoms with Crippen LogP contribution in [0.5, 0.6) is 0 Å². The molecular weight excluding hydrogens is 180 g/mol. The van der Waals surface area contributed by atoms with Gasteiger partial charge in [-0.15, -0.1) is 0 Å². The second kappa shape index (κ2) is 3.84. The number of aliphatic imine (C=N–C) groups is 2. The molecule has 1 fully saturated rings. The number of hydrogen-bond donors (Lipinski definition) is 1. The Kier molecular flexibility index (Phi) is 2.59. The van der Waals surface area contributed by atoms with E-state index in [9.17, 15) is 0 Å². The van der Waals surface area contributed by atoms with Gasteiger partial charge in [-0.1, -0.05) is 6.58 Å². The average molecular weight is 184 g/mol. The zero-order valence-electron chi connectivity index (χ0n) is 7.02. The van der Waals surface area contributed by atoms with Gasteiger partial charge in [0, 0.05) is 5.57 Å². The minimum Gasteiger partial charge on any atom is -0.310 e. The van der Waals surface area contributed by atoms with Gasteiger partial charge in [0.25, 0.3) is 0 Å². The molecule has 6 heteroatoms. The topological polar surface area (TPSA) is 108 Å². The average Bonchev–Trinajstić information content (AvgIpc) is 2.21. The van der Waals surface area contributed by atoms with Gasteiger partial charge in [-0.05, 0) is 0 Å². The molecule has 0 aromatic heterocycles. The molecular formula is C8H4N6. The summed E-state index contributed by atoms with van der Waals surface area (Å²) in [6.45, 7) is 3.61. The van der Waals surface area contributed by atoms with E-state index in [0.29, 0.717) is 5.57 Å². The van der Waals surface area contributed by atoms with Crippen LogP contribution in [0.2, 0.25) is 0 Å². The number of hydrogen-bond acceptors (Lipinski definition) is 6. The highest BCUT2D eigenvalue weighted by Crippen LogP contribution is 2.19. The normalized spacial score (nSPS) is 24.6. The molecule has 0 aromatic carbocycles. The van der Waals surface area contributed by atoms with Crippen molar-refractivity contribution in [3.63, 3.8) is 0 Å². The number of rotatable bonds is 1. The molecule has 6 nitrogen and oxygen atoms in total. The molecule has 1 N–H and O–H groups in total. The van der Waals surface area contributed by atoms with Crippen molar-refractivity contribution in [1.29, 1.82) is 15.8 Å². The van der Waals surface area contributed by atoms with Gasteiger partial charge in [0.1, 0.15) is 17.5 Å². The number of nitrogens with zero attached hydrogens (tertiary/aromatic N) is 5. The molecule has 1 saturated carbocycles. The highest BCUT2D eigenvalue weighted by molar-refractivity contribution is 6.59. The van der Waals surface area contributed by atoms with Crippen LogP contribution in [0.3, 0.4) is 0 Å². The van der Waals surface area contributed by atoms with Crippen molar-refractivity contribution in [3.8, 4) is 18.6 Å². The van der Waals surface area contributed by atoms with E-state index in [-0.39, 0.29) is 11.4 Å². The summed E-state index contributed by atoms with van der Waals surface area (Å²) >= 11 is 0. The maximum absolute atomic E-state index is 8.38. The lowest BCUT2D eigenvalue weighted by atomic mass is 9.82. The molecule has 0 spiro atoms. The van der Waals surface area contributed by atoms with E-state index in [1.165, 1.54) is 0 Å². The third kappa shape index (κ3) is 1.31. The van der Waals surface area contributed by atoms with E-state index in [0.717, 1.165) is 0 Å². The van der Waals surface area contributed by atoms with Crippen molar-refractivity contribution in [3.05, 3.63) is 12.2 Å². The summed E-state index contributed by atoms with van der Waals surface area (Å²) in [6.07, 6.45) is 4.86. The van der Waals surface area contributed by atoms with Crippen molar-refractivity contribution < 1.29 is 0 Å². The Bertz CT molecular complexity index is 450. The smallest absolute Gasteiger partial charge is 0.206 e. The maximum Gasteiger partial charge on any atom is 0.206 e. The molecule has 1 atom stereocenters. The summed E-state index contributed by atoms with van der Waals surface area (Å²) < 4.78 is 0. The predicted molar refractivity (Wildman–Crippen MR) is 47.8 cm³/mol. The van der Waals surface area contributed by atoms with Crippen molar-refractivity contribution in [1.82, 2.24) is 5.32 Å². The van der Waals surface area contributed by atoms with Crippen LogP contribution in [0.25, 0.3) is 0 Å². The molecule has 66 valence electrons. The maximum atomic E-state index is 8.38. The molecule has 14 heavy (non-hydrogen) atoms. The Hall–Kier alpha value is -2.65. The van der Waals surface area contributed by atoms with Gasteiger partial charge in [-0.25, -0.2) is 0 Å². The van der Waals surface area contributed by atoms with Gasteiger partial charge in [-0.3, -0.25) is 0 Å². The van der Waals surface area contributed by atoms with Crippen LogP contribution >= 0.6 is 0 Å². The van der Waals surface area contributed by atoms with Crippen molar-refractivity contribution in [2.75, 3.05) is 0 Å². The highest BCUT2D eigenvalue weighted by Gasteiger charge is 2.38. The molecule has 0 aliphatic heterocycles. The number of nitriles is 3. The first-order chi connectivity index (χ1) is 6.76. The summed E-state index contributed by atoms with van der Waals surface area (Å²) in [4.78, 5) is 6.88. The molecule has 0 heterocycles. The van der Waals surface area contributed by atoms with E-state index in [1.54, 1.807) is 18.6 Å². The zero-order valence-corrected chi connectivity index (χ0v) is 7.02. The Labute approximate surface area is 80.1 Å². The second-order valence-electron chi connectivity index (χ2n) is 2.37. The lowest BCUT2D eigenvalue weighted by Crippen LogP contribution is -2.52. The first-order valence-electron chi connectivity index (χ1n) is 3.53. The van der Waals surface area contributed by atoms with Gasteiger partial charge < -0.3 is 5.32 Å². The van der Waals surface area contributed by atoms with Gasteiger partial charge in [0.15, 0.2) is 6.19 Å². The SMILES string of the molecule is C=C1C(=N/C#N)/C(=N/C#N)C1NC#N. The van der Waals surface area contributed by atoms with Crippen LogP contribution < -0.4 is 5.32 Å². The molecule has 0 amide bonds. The Balaban J connectivity index is 3.00. The predicted octanol–water partition coefficient (Wildman–Crippen LogP) is -0.160. The molecule has 1 aliphatic rings. The Morgan fingerprint density at radius 3 is 2.36 bits per heavy atom. The third-order valence-corrected chi connectivity index (χ3v) is 1.71. The van der Waals surface area contributed by atoms with Gasteiger partial charge >= 0.3 is 0 Å². The molecule has 0 aromatic rings. The van der Waals surface area contributed by atoms with Crippen molar-refractivity contribution in [2.45, 2.75) is 6.04 Å². The molecule has 1 unspecified atom stereocenters. The fourth-order valence-electron chi connectivity index (χ4n) is 1.10. The highest BCUT2D eigenvalue weighted by atomic mass is 15.0. The fraction of sp³-hybridized carbons (Fsp3) is 0.125. The van der Waals surface area contributed by atoms with Crippen LogP contribution in [-0.4, -0.2) is 17.5 Å². The minimum absolute atomic E-state index is 0.278. The third-order valence-electron chi connectivity index (χ3n) is 1.71. The van der Waals surface area contributed by atoms with E-state index >= 15 is 0 Å². The lowest BCUT2D eigenvalue weighted by molar-refractivity contribution is 0.853. The van der Waals surface area contributed by atoms with E-state index < -0.39 is 6.04 Å². The van der Waals surface area contributed by atoms with E-state index in [4.69, 9.17) is 15.8 Å². The van der Waals surface area contributed by atoms with Gasteiger partial charge in [0.05, 0.1) is 0 Å². The summed E-state index contributed by atoms with van der Waals surface area (Å²) in [5.41, 5.74) is 1.05. The van der Waals surface area contributed by atoms with Crippen LogP contribution in [-0.2, 0) is 0 Å². The van der Waals surface area contributed by atoms with Crippen molar-refractivity contribution >= 4 is 11.4 Å². The second-order valence-corrected chi connectivity index (χ2v) is 2.37. The zero-order chi connectivity index (χ0) is 10.6. The summed E-state index contributed by atoms with van der Waals surface area (Å²) in [7, 11) is 0. The summed E-state index contributed by atoms with van der Waals surface area (Å²) in [5.74, 6) is 0. The molecule has 1 aliphatic carbocycles. The summed E-state index contributed by atoms with van der Waals surface area (Å²) in [5, 5.41) is 27.4. The van der Waals surface area contributed by atoms with Crippen LogP contribution in [0.1, 0.15) is 0 Å². The van der Waals surface area contributed by atoms with E-state index in [1.807, 2.05) is 0 Å². The monoisotopic (exact) mass is 184 g/mol. The van der Waals surface area contributed by atoms with Crippen LogP contribution in [0.4, 0.5) is 0 Å². The van der Waals surface area contributed by atoms with Gasteiger partial charge in [0.2, 0.25) is 12.4 Å². The largest absolute Gasteiger partial charge is 0.310 e. The molecule has 0 radical (unpaired) electrons. The number of nitrogens with one attached hydrogen (secondary N) is 1. The quantitative estimate of drug-likeness (QED) is 0.451. The molecule has 1 rings (SSSR count). The first-order valence-corrected chi connectivity index (χ1v) is 3.53. The molecule has 0 saturated heterocycles. The van der Waals surface area contributed by atoms with E-state index in [2.05, 4.69) is 21.9 Å². The Morgan fingerprint density at radius 2 is 1.86 bits per heavy atom. The summed E-state index contributed by atoms with van der Waals surface area (Å²) in [6, 6.07) is -0.494. The first kappa shape index (κ1) is 9.44.